The Balaban J connectivity index is 1.40. The van der Waals surface area contributed by atoms with Crippen molar-refractivity contribution in [2.24, 2.45) is 4.99 Å². The fraction of sp³-hybridized carbons (Fsp3) is 0. The van der Waals surface area contributed by atoms with Gasteiger partial charge in [0.1, 0.15) is 10.8 Å². The Hall–Kier alpha value is -4.10. The van der Waals surface area contributed by atoms with E-state index in [9.17, 15) is 15.2 Å². The number of nitro benzene ring substituents is 1. The first kappa shape index (κ1) is 18.9. The minimum Gasteiger partial charge on any atom is -0.507 e. The van der Waals surface area contributed by atoms with E-state index in [-0.39, 0.29) is 11.4 Å². The van der Waals surface area contributed by atoms with Gasteiger partial charge in [-0.25, -0.2) is 4.98 Å². The van der Waals surface area contributed by atoms with Crippen molar-refractivity contribution in [1.29, 1.82) is 0 Å². The number of aromatic nitrogens is 1. The van der Waals surface area contributed by atoms with Crippen LogP contribution in [-0.4, -0.2) is 21.2 Å². The van der Waals surface area contributed by atoms with Gasteiger partial charge in [0.15, 0.2) is 0 Å². The van der Waals surface area contributed by atoms with Gasteiger partial charge in [-0.05, 0) is 65.4 Å². The summed E-state index contributed by atoms with van der Waals surface area (Å²) in [6.45, 7) is 0. The van der Waals surface area contributed by atoms with Crippen molar-refractivity contribution < 1.29 is 10.0 Å². The highest BCUT2D eigenvalue weighted by Gasteiger charge is 2.09. The standard InChI is InChI=1S/C24H15N3O3S/c28-22-13-17-12-20(27(29)30)10-7-16(17)11-18(22)14-25-19-8-5-15(6-9-19)24-26-21-3-1-2-4-23(21)31-24/h1-14,28H. The second-order valence-electron chi connectivity index (χ2n) is 6.99. The third-order valence-electron chi connectivity index (χ3n) is 4.94. The first-order chi connectivity index (χ1) is 15.1. The van der Waals surface area contributed by atoms with Crippen LogP contribution in [-0.2, 0) is 0 Å². The molecule has 6 nitrogen and oxygen atoms in total. The Labute approximate surface area is 180 Å². The lowest BCUT2D eigenvalue weighted by atomic mass is 10.1. The minimum absolute atomic E-state index is 0.0125. The van der Waals surface area contributed by atoms with E-state index in [1.54, 1.807) is 29.7 Å². The number of para-hydroxylation sites is 1. The molecule has 0 atom stereocenters. The molecule has 0 fully saturated rings. The zero-order valence-corrected chi connectivity index (χ0v) is 16.9. The van der Waals surface area contributed by atoms with Gasteiger partial charge in [0, 0.05) is 29.5 Å². The third-order valence-corrected chi connectivity index (χ3v) is 6.03. The molecule has 7 heteroatoms. The predicted octanol–water partition coefficient (Wildman–Crippen LogP) is 6.48. The highest BCUT2D eigenvalue weighted by molar-refractivity contribution is 7.21. The summed E-state index contributed by atoms with van der Waals surface area (Å²) in [5.74, 6) is 0.0165. The van der Waals surface area contributed by atoms with Crippen LogP contribution < -0.4 is 0 Å². The molecule has 0 bridgehead atoms. The molecular formula is C24H15N3O3S. The van der Waals surface area contributed by atoms with Crippen LogP contribution >= 0.6 is 11.3 Å². The number of aliphatic imine (C=N–C) groups is 1. The summed E-state index contributed by atoms with van der Waals surface area (Å²) >= 11 is 1.65. The van der Waals surface area contributed by atoms with Gasteiger partial charge in [0.2, 0.25) is 0 Å². The zero-order chi connectivity index (χ0) is 21.4. The van der Waals surface area contributed by atoms with Crippen LogP contribution in [0.5, 0.6) is 5.75 Å². The number of rotatable bonds is 4. The lowest BCUT2D eigenvalue weighted by Gasteiger charge is -2.03. The number of fused-ring (bicyclic) bond motifs is 2. The Morgan fingerprint density at radius 2 is 1.77 bits per heavy atom. The largest absolute Gasteiger partial charge is 0.507 e. The van der Waals surface area contributed by atoms with Gasteiger partial charge in [-0.1, -0.05) is 12.1 Å². The van der Waals surface area contributed by atoms with Crippen LogP contribution in [0, 0.1) is 10.1 Å². The average molecular weight is 425 g/mol. The molecule has 0 saturated carbocycles. The van der Waals surface area contributed by atoms with Gasteiger partial charge in [0.05, 0.1) is 20.8 Å². The van der Waals surface area contributed by atoms with Crippen LogP contribution in [0.25, 0.3) is 31.6 Å². The molecule has 4 aromatic carbocycles. The van der Waals surface area contributed by atoms with Crippen molar-refractivity contribution in [2.75, 3.05) is 0 Å². The molecule has 0 aliphatic heterocycles. The van der Waals surface area contributed by atoms with Crippen molar-refractivity contribution in [3.63, 3.8) is 0 Å². The summed E-state index contributed by atoms with van der Waals surface area (Å²) in [7, 11) is 0. The molecule has 5 aromatic rings. The first-order valence-corrected chi connectivity index (χ1v) is 10.3. The van der Waals surface area contributed by atoms with Gasteiger partial charge < -0.3 is 5.11 Å². The Morgan fingerprint density at radius 3 is 2.55 bits per heavy atom. The molecule has 1 aromatic heterocycles. The smallest absolute Gasteiger partial charge is 0.270 e. The quantitative estimate of drug-likeness (QED) is 0.203. The number of phenolic OH excluding ortho intramolecular Hbond substituents is 1. The highest BCUT2D eigenvalue weighted by atomic mass is 32.1. The number of non-ortho nitro benzene ring substituents is 1. The number of nitro groups is 1. The van der Waals surface area contributed by atoms with E-state index >= 15 is 0 Å². The summed E-state index contributed by atoms with van der Waals surface area (Å²) in [6.07, 6.45) is 1.59. The van der Waals surface area contributed by atoms with Crippen LogP contribution in [0.4, 0.5) is 11.4 Å². The second kappa shape index (κ2) is 7.62. The summed E-state index contributed by atoms with van der Waals surface area (Å²) in [5, 5.41) is 23.6. The fourth-order valence-corrected chi connectivity index (χ4v) is 4.31. The highest BCUT2D eigenvalue weighted by Crippen LogP contribution is 2.31. The molecule has 150 valence electrons. The normalized spacial score (nSPS) is 11.5. The zero-order valence-electron chi connectivity index (χ0n) is 16.1. The van der Waals surface area contributed by atoms with Crippen LogP contribution in [0.1, 0.15) is 5.56 Å². The van der Waals surface area contributed by atoms with Gasteiger partial charge >= 0.3 is 0 Å². The number of nitrogens with zero attached hydrogens (tertiary/aromatic N) is 3. The monoisotopic (exact) mass is 425 g/mol. The molecule has 0 radical (unpaired) electrons. The number of thiazole rings is 1. The lowest BCUT2D eigenvalue weighted by Crippen LogP contribution is -1.88. The Bertz CT molecular complexity index is 1440. The molecule has 0 saturated heterocycles. The van der Waals surface area contributed by atoms with Gasteiger partial charge in [-0.15, -0.1) is 11.3 Å². The van der Waals surface area contributed by atoms with Gasteiger partial charge in [-0.3, -0.25) is 15.1 Å². The average Bonchev–Trinajstić information content (AvgIpc) is 3.22. The van der Waals surface area contributed by atoms with E-state index in [4.69, 9.17) is 0 Å². The maximum atomic E-state index is 10.9. The van der Waals surface area contributed by atoms with Crippen molar-refractivity contribution in [2.45, 2.75) is 0 Å². The molecule has 1 N–H and O–H groups in total. The maximum Gasteiger partial charge on any atom is 0.270 e. The summed E-state index contributed by atoms with van der Waals surface area (Å²) < 4.78 is 1.15. The van der Waals surface area contributed by atoms with Crippen molar-refractivity contribution in [3.8, 4) is 16.3 Å². The topological polar surface area (TPSA) is 88.6 Å². The van der Waals surface area contributed by atoms with Gasteiger partial charge in [0.25, 0.3) is 5.69 Å². The second-order valence-corrected chi connectivity index (χ2v) is 8.02. The van der Waals surface area contributed by atoms with E-state index in [0.717, 1.165) is 31.9 Å². The number of hydrogen-bond donors (Lipinski definition) is 1. The van der Waals surface area contributed by atoms with Gasteiger partial charge in [-0.2, -0.15) is 0 Å². The van der Waals surface area contributed by atoms with E-state index in [2.05, 4.69) is 16.0 Å². The molecular weight excluding hydrogens is 410 g/mol. The van der Waals surface area contributed by atoms with E-state index in [1.807, 2.05) is 42.5 Å². The molecule has 0 spiro atoms. The molecule has 1 heterocycles. The summed E-state index contributed by atoms with van der Waals surface area (Å²) in [4.78, 5) is 19.6. The van der Waals surface area contributed by atoms with E-state index < -0.39 is 4.92 Å². The molecule has 0 aliphatic carbocycles. The van der Waals surface area contributed by atoms with E-state index in [0.29, 0.717) is 10.9 Å². The fourth-order valence-electron chi connectivity index (χ4n) is 3.34. The van der Waals surface area contributed by atoms with Crippen molar-refractivity contribution in [1.82, 2.24) is 4.98 Å². The number of hydrogen-bond acceptors (Lipinski definition) is 6. The van der Waals surface area contributed by atoms with E-state index in [1.165, 1.54) is 18.2 Å². The summed E-state index contributed by atoms with van der Waals surface area (Å²) in [5.41, 5.74) is 3.28. The molecule has 5 rings (SSSR count). The first-order valence-electron chi connectivity index (χ1n) is 9.48. The van der Waals surface area contributed by atoms with Crippen LogP contribution in [0.15, 0.2) is 83.9 Å². The lowest BCUT2D eigenvalue weighted by molar-refractivity contribution is -0.384. The molecule has 0 unspecified atom stereocenters. The minimum atomic E-state index is -0.455. The Morgan fingerprint density at radius 1 is 0.968 bits per heavy atom. The van der Waals surface area contributed by atoms with Crippen molar-refractivity contribution in [3.05, 3.63) is 94.5 Å². The molecule has 0 amide bonds. The van der Waals surface area contributed by atoms with Crippen LogP contribution in [0.3, 0.4) is 0 Å². The molecule has 31 heavy (non-hydrogen) atoms. The number of benzene rings is 4. The SMILES string of the molecule is O=[N+]([O-])c1ccc2cc(C=Nc3ccc(-c4nc5ccccc5s4)cc3)c(O)cc2c1. The molecule has 0 aliphatic rings. The number of phenols is 1. The third kappa shape index (κ3) is 3.74. The van der Waals surface area contributed by atoms with Crippen LogP contribution in [0.2, 0.25) is 0 Å². The predicted molar refractivity (Wildman–Crippen MR) is 125 cm³/mol. The van der Waals surface area contributed by atoms with Crippen molar-refractivity contribution >= 4 is 49.9 Å². The number of aromatic hydroxyl groups is 1. The Kier molecular flexibility index (Phi) is 4.65. The summed E-state index contributed by atoms with van der Waals surface area (Å²) in [6, 6.07) is 23.6. The maximum absolute atomic E-state index is 10.9.